The van der Waals surface area contributed by atoms with Crippen LogP contribution in [0.1, 0.15) is 181 Å². The molecule has 5 aliphatic carbocycles. The van der Waals surface area contributed by atoms with Crippen molar-refractivity contribution in [2.24, 2.45) is 47.3 Å². The number of esters is 2. The van der Waals surface area contributed by atoms with Gasteiger partial charge in [-0.25, -0.2) is 0 Å². The predicted octanol–water partition coefficient (Wildman–Crippen LogP) is 11.0. The second-order valence-corrected chi connectivity index (χ2v) is 16.4. The first-order chi connectivity index (χ1) is 21.5. The van der Waals surface area contributed by atoms with E-state index in [1.54, 1.807) is 0 Å². The highest BCUT2D eigenvalue weighted by atomic mass is 16.6. The monoisotopic (exact) mass is 613 g/mol. The summed E-state index contributed by atoms with van der Waals surface area (Å²) in [5, 5.41) is 0. The van der Waals surface area contributed by atoms with Gasteiger partial charge in [-0.2, -0.15) is 0 Å². The Morgan fingerprint density at radius 3 is 1.36 bits per heavy atom. The van der Waals surface area contributed by atoms with Crippen molar-refractivity contribution >= 4 is 11.9 Å². The lowest BCUT2D eigenvalue weighted by Crippen LogP contribution is -2.38. The Labute approximate surface area is 270 Å². The summed E-state index contributed by atoms with van der Waals surface area (Å²) < 4.78 is 12.3. The zero-order valence-electron chi connectivity index (χ0n) is 28.8. The van der Waals surface area contributed by atoms with Crippen molar-refractivity contribution in [3.05, 3.63) is 0 Å². The molecule has 0 spiro atoms. The molecule has 4 nitrogen and oxygen atoms in total. The number of carbonyl (C=O) groups is 2. The van der Waals surface area contributed by atoms with Gasteiger partial charge in [0.1, 0.15) is 12.2 Å². The summed E-state index contributed by atoms with van der Waals surface area (Å²) in [5.41, 5.74) is 0. The maximum Gasteiger partial charge on any atom is 0.309 e. The molecule has 5 rings (SSSR count). The lowest BCUT2D eigenvalue weighted by atomic mass is 9.64. The normalized spacial score (nSPS) is 37.4. The standard InChI is InChI=1S/C40H68O4/c1-3-5-7-9-12-29-16-18-33-26-35(22-20-31(33)24-29)39(41)43-37-14-11-15-38(28-37)44-40(42)36-23-21-32-25-30(13-10-8-6-4-2)17-19-34(32)27-36/h29-38H,3-28H2,1-2H3. The Morgan fingerprint density at radius 2 is 0.909 bits per heavy atom. The molecule has 10 atom stereocenters. The molecule has 0 aromatic carbocycles. The summed E-state index contributed by atoms with van der Waals surface area (Å²) in [6, 6.07) is 0. The van der Waals surface area contributed by atoms with Crippen LogP contribution in [0.3, 0.4) is 0 Å². The molecule has 10 unspecified atom stereocenters. The maximum absolute atomic E-state index is 13.3. The third-order valence-corrected chi connectivity index (χ3v) is 13.2. The van der Waals surface area contributed by atoms with Crippen molar-refractivity contribution in [1.29, 1.82) is 0 Å². The Balaban J connectivity index is 0.988. The molecular weight excluding hydrogens is 544 g/mol. The van der Waals surface area contributed by atoms with Gasteiger partial charge in [-0.05, 0) is 119 Å². The van der Waals surface area contributed by atoms with Gasteiger partial charge in [0, 0.05) is 6.42 Å². The number of ether oxygens (including phenoxy) is 2. The van der Waals surface area contributed by atoms with Gasteiger partial charge in [-0.1, -0.05) is 90.9 Å². The predicted molar refractivity (Wildman–Crippen MR) is 179 cm³/mol. The fraction of sp³-hybridized carbons (Fsp3) is 0.950. The zero-order chi connectivity index (χ0) is 30.7. The molecule has 5 saturated carbocycles. The number of carbonyl (C=O) groups excluding carboxylic acids is 2. The van der Waals surface area contributed by atoms with E-state index in [2.05, 4.69) is 13.8 Å². The minimum atomic E-state index is -0.0750. The topological polar surface area (TPSA) is 52.6 Å². The summed E-state index contributed by atoms with van der Waals surface area (Å²) in [4.78, 5) is 26.6. The molecule has 252 valence electrons. The van der Waals surface area contributed by atoms with E-state index in [9.17, 15) is 9.59 Å². The number of hydrogen-bond acceptors (Lipinski definition) is 4. The first-order valence-corrected chi connectivity index (χ1v) is 19.9. The second kappa shape index (κ2) is 17.7. The molecule has 5 aliphatic rings. The van der Waals surface area contributed by atoms with Crippen LogP contribution < -0.4 is 0 Å². The zero-order valence-corrected chi connectivity index (χ0v) is 28.8. The average Bonchev–Trinajstić information content (AvgIpc) is 3.04. The van der Waals surface area contributed by atoms with Gasteiger partial charge in [0.15, 0.2) is 0 Å². The van der Waals surface area contributed by atoms with Crippen molar-refractivity contribution in [1.82, 2.24) is 0 Å². The van der Waals surface area contributed by atoms with E-state index in [4.69, 9.17) is 9.47 Å². The second-order valence-electron chi connectivity index (χ2n) is 16.4. The highest BCUT2D eigenvalue weighted by Crippen LogP contribution is 2.47. The molecule has 5 fully saturated rings. The molecule has 0 saturated heterocycles. The summed E-state index contributed by atoms with van der Waals surface area (Å²) in [7, 11) is 0. The minimum absolute atomic E-state index is 0.0430. The van der Waals surface area contributed by atoms with Crippen LogP contribution in [0, 0.1) is 47.3 Å². The van der Waals surface area contributed by atoms with E-state index in [1.165, 1.54) is 116 Å². The largest absolute Gasteiger partial charge is 0.462 e. The molecule has 0 radical (unpaired) electrons. The Kier molecular flexibility index (Phi) is 13.8. The molecule has 0 N–H and O–H groups in total. The third kappa shape index (κ3) is 9.97. The SMILES string of the molecule is CCCCCCC1CCC2CC(C(=O)OC3CCCC(OC(=O)C4CCC5CC(CCCCCC)CCC5C4)C3)CCC2C1. The number of rotatable bonds is 14. The molecule has 0 heterocycles. The Bertz CT molecular complexity index is 801. The molecule has 0 aromatic heterocycles. The van der Waals surface area contributed by atoms with Crippen LogP contribution in [-0.4, -0.2) is 24.1 Å². The average molecular weight is 613 g/mol. The van der Waals surface area contributed by atoms with E-state index in [-0.39, 0.29) is 36.0 Å². The smallest absolute Gasteiger partial charge is 0.309 e. The first kappa shape index (κ1) is 34.3. The van der Waals surface area contributed by atoms with Gasteiger partial charge in [-0.15, -0.1) is 0 Å². The van der Waals surface area contributed by atoms with Crippen molar-refractivity contribution in [3.63, 3.8) is 0 Å². The summed E-state index contributed by atoms with van der Waals surface area (Å²) in [5.74, 6) is 5.23. The van der Waals surface area contributed by atoms with Crippen LogP contribution in [0.4, 0.5) is 0 Å². The molecular formula is C40H68O4. The molecule has 0 aliphatic heterocycles. The molecule has 4 heteroatoms. The molecule has 0 amide bonds. The Morgan fingerprint density at radius 1 is 0.477 bits per heavy atom. The van der Waals surface area contributed by atoms with E-state index in [1.807, 2.05) is 0 Å². The lowest BCUT2D eigenvalue weighted by molar-refractivity contribution is -0.166. The van der Waals surface area contributed by atoms with Gasteiger partial charge >= 0.3 is 11.9 Å². The first-order valence-electron chi connectivity index (χ1n) is 19.9. The Hall–Kier alpha value is -1.06. The summed E-state index contributed by atoms with van der Waals surface area (Å²) in [6.45, 7) is 4.59. The summed E-state index contributed by atoms with van der Waals surface area (Å²) >= 11 is 0. The van der Waals surface area contributed by atoms with Crippen molar-refractivity contribution < 1.29 is 19.1 Å². The van der Waals surface area contributed by atoms with Crippen LogP contribution in [0.5, 0.6) is 0 Å². The van der Waals surface area contributed by atoms with Crippen LogP contribution in [-0.2, 0) is 19.1 Å². The molecule has 0 aromatic rings. The third-order valence-electron chi connectivity index (χ3n) is 13.2. The number of fused-ring (bicyclic) bond motifs is 2. The van der Waals surface area contributed by atoms with E-state index >= 15 is 0 Å². The highest BCUT2D eigenvalue weighted by molar-refractivity contribution is 5.73. The lowest BCUT2D eigenvalue weighted by Gasteiger charge is -2.42. The van der Waals surface area contributed by atoms with Crippen molar-refractivity contribution in [3.8, 4) is 0 Å². The molecule has 44 heavy (non-hydrogen) atoms. The number of hydrogen-bond donors (Lipinski definition) is 0. The van der Waals surface area contributed by atoms with Crippen molar-refractivity contribution in [2.75, 3.05) is 0 Å². The minimum Gasteiger partial charge on any atom is -0.462 e. The van der Waals surface area contributed by atoms with E-state index in [0.29, 0.717) is 6.42 Å². The van der Waals surface area contributed by atoms with Gasteiger partial charge < -0.3 is 9.47 Å². The van der Waals surface area contributed by atoms with Crippen LogP contribution >= 0.6 is 0 Å². The van der Waals surface area contributed by atoms with Gasteiger partial charge in [-0.3, -0.25) is 9.59 Å². The van der Waals surface area contributed by atoms with Gasteiger partial charge in [0.2, 0.25) is 0 Å². The van der Waals surface area contributed by atoms with Crippen LogP contribution in [0.15, 0.2) is 0 Å². The van der Waals surface area contributed by atoms with Crippen LogP contribution in [0.25, 0.3) is 0 Å². The van der Waals surface area contributed by atoms with E-state index < -0.39 is 0 Å². The van der Waals surface area contributed by atoms with Gasteiger partial charge in [0.25, 0.3) is 0 Å². The van der Waals surface area contributed by atoms with Gasteiger partial charge in [0.05, 0.1) is 11.8 Å². The maximum atomic E-state index is 13.3. The highest BCUT2D eigenvalue weighted by Gasteiger charge is 2.41. The van der Waals surface area contributed by atoms with Crippen LogP contribution in [0.2, 0.25) is 0 Å². The quantitative estimate of drug-likeness (QED) is 0.145. The summed E-state index contributed by atoms with van der Waals surface area (Å²) in [6.07, 6.45) is 31.9. The fourth-order valence-electron chi connectivity index (χ4n) is 10.5. The molecule has 0 bridgehead atoms. The number of unbranched alkanes of at least 4 members (excludes halogenated alkanes) is 6. The van der Waals surface area contributed by atoms with Crippen molar-refractivity contribution in [2.45, 2.75) is 193 Å². The fourth-order valence-corrected chi connectivity index (χ4v) is 10.5. The van der Waals surface area contributed by atoms with E-state index in [0.717, 1.165) is 80.5 Å².